The van der Waals surface area contributed by atoms with Crippen LogP contribution in [0.3, 0.4) is 0 Å². The molecule has 0 saturated carbocycles. The Morgan fingerprint density at radius 1 is 1.43 bits per heavy atom. The van der Waals surface area contributed by atoms with Crippen molar-refractivity contribution in [3.63, 3.8) is 0 Å². The molecule has 0 saturated heterocycles. The predicted octanol–water partition coefficient (Wildman–Crippen LogP) is 1.31. The summed E-state index contributed by atoms with van der Waals surface area (Å²) in [6.07, 6.45) is 6.13. The monoisotopic (exact) mass is 113 g/mol. The number of rotatable bonds is 0. The van der Waals surface area contributed by atoms with Crippen LogP contribution in [0.5, 0.6) is 0 Å². The molecule has 0 atom stereocenters. The molecule has 0 spiro atoms. The van der Waals surface area contributed by atoms with Gasteiger partial charge in [-0.25, -0.2) is 0 Å². The number of hydrogen-bond donors (Lipinski definition) is 1. The van der Waals surface area contributed by atoms with Crippen molar-refractivity contribution < 1.29 is 0 Å². The first-order valence-electron chi connectivity index (χ1n) is 2.20. The van der Waals surface area contributed by atoms with E-state index in [2.05, 4.69) is 10.8 Å². The van der Waals surface area contributed by atoms with E-state index < -0.39 is 0 Å². The second-order valence-electron chi connectivity index (χ2n) is 1.22. The molecule has 0 aromatic carbocycles. The summed E-state index contributed by atoms with van der Waals surface area (Å²) in [5.74, 6) is 0. The third-order valence-corrected chi connectivity index (χ3v) is 1.30. The molecule has 1 heterocycles. The predicted molar refractivity (Wildman–Crippen MR) is 33.9 cm³/mol. The van der Waals surface area contributed by atoms with Crippen LogP contribution in [0.2, 0.25) is 0 Å². The van der Waals surface area contributed by atoms with Gasteiger partial charge in [0, 0.05) is 6.54 Å². The Morgan fingerprint density at radius 2 is 2.43 bits per heavy atom. The minimum Gasteiger partial charge on any atom is -0.257 e. The van der Waals surface area contributed by atoms with Crippen LogP contribution in [0.4, 0.5) is 0 Å². The van der Waals surface area contributed by atoms with E-state index in [9.17, 15) is 0 Å². The molecule has 38 valence electrons. The Kier molecular flexibility index (Phi) is 2.03. The second-order valence-corrected chi connectivity index (χ2v) is 2.02. The Labute approximate surface area is 47.6 Å². The van der Waals surface area contributed by atoms with Gasteiger partial charge < -0.3 is 0 Å². The molecule has 0 amide bonds. The highest BCUT2D eigenvalue weighted by Gasteiger charge is 1.79. The first-order valence-corrected chi connectivity index (χ1v) is 3.08. The van der Waals surface area contributed by atoms with Crippen molar-refractivity contribution in [1.29, 1.82) is 0 Å². The van der Waals surface area contributed by atoms with Gasteiger partial charge in [-0.1, -0.05) is 30.2 Å². The number of allylic oxidation sites excluding steroid dienone is 2. The van der Waals surface area contributed by atoms with Gasteiger partial charge in [-0.15, -0.1) is 0 Å². The first kappa shape index (κ1) is 4.94. The maximum absolute atomic E-state index is 3.09. The average Bonchev–Trinajstić information content (AvgIpc) is 1.90. The topological polar surface area (TPSA) is 12.0 Å². The summed E-state index contributed by atoms with van der Waals surface area (Å²) in [7, 11) is 0. The van der Waals surface area contributed by atoms with E-state index in [4.69, 9.17) is 0 Å². The molecular weight excluding hydrogens is 106 g/mol. The van der Waals surface area contributed by atoms with E-state index in [0.29, 0.717) is 0 Å². The van der Waals surface area contributed by atoms with Gasteiger partial charge in [-0.3, -0.25) is 4.72 Å². The molecule has 7 heavy (non-hydrogen) atoms. The van der Waals surface area contributed by atoms with Gasteiger partial charge in [-0.2, -0.15) is 0 Å². The van der Waals surface area contributed by atoms with Gasteiger partial charge in [-0.05, 0) is 5.41 Å². The zero-order valence-corrected chi connectivity index (χ0v) is 4.74. The highest BCUT2D eigenvalue weighted by atomic mass is 32.2. The summed E-state index contributed by atoms with van der Waals surface area (Å²) in [5, 5.41) is 2.02. The van der Waals surface area contributed by atoms with Crippen molar-refractivity contribution in [2.75, 3.05) is 6.54 Å². The van der Waals surface area contributed by atoms with E-state index in [1.165, 1.54) is 0 Å². The molecule has 1 aliphatic heterocycles. The van der Waals surface area contributed by atoms with Crippen LogP contribution in [-0.4, -0.2) is 6.54 Å². The number of hydrogen-bond acceptors (Lipinski definition) is 2. The van der Waals surface area contributed by atoms with Gasteiger partial charge >= 0.3 is 0 Å². The van der Waals surface area contributed by atoms with Gasteiger partial charge in [0.1, 0.15) is 0 Å². The summed E-state index contributed by atoms with van der Waals surface area (Å²) in [6, 6.07) is 0. The average molecular weight is 113 g/mol. The van der Waals surface area contributed by atoms with Crippen LogP contribution in [0, 0.1) is 0 Å². The molecular formula is C5H7NS. The van der Waals surface area contributed by atoms with Crippen LogP contribution < -0.4 is 4.72 Å². The fraction of sp³-hybridized carbons (Fsp3) is 0.200. The summed E-state index contributed by atoms with van der Waals surface area (Å²) in [6.45, 7) is 0.970. The summed E-state index contributed by atoms with van der Waals surface area (Å²) in [4.78, 5) is 0. The minimum atomic E-state index is 0.970. The molecule has 1 nitrogen and oxygen atoms in total. The lowest BCUT2D eigenvalue weighted by Gasteiger charge is -1.86. The quantitative estimate of drug-likeness (QED) is 0.475. The highest BCUT2D eigenvalue weighted by Crippen LogP contribution is 1.97. The molecule has 0 unspecified atom stereocenters. The lowest BCUT2D eigenvalue weighted by molar-refractivity contribution is 1.14. The van der Waals surface area contributed by atoms with Crippen LogP contribution in [0.25, 0.3) is 0 Å². The lowest BCUT2D eigenvalue weighted by atomic mass is 10.5. The molecule has 0 aromatic rings. The Bertz CT molecular complexity index is 84.3. The SMILES string of the molecule is C1=CCNSC=C1. The molecule has 1 rings (SSSR count). The molecule has 2 heteroatoms. The molecule has 0 aliphatic carbocycles. The normalized spacial score (nSPS) is 19.4. The molecule has 0 aromatic heterocycles. The molecule has 0 radical (unpaired) electrons. The summed E-state index contributed by atoms with van der Waals surface area (Å²) in [5.41, 5.74) is 0. The largest absolute Gasteiger partial charge is 0.257 e. The zero-order valence-electron chi connectivity index (χ0n) is 3.92. The van der Waals surface area contributed by atoms with Crippen LogP contribution in [0.1, 0.15) is 0 Å². The maximum Gasteiger partial charge on any atom is 0.0245 e. The standard InChI is InChI=1S/C5H7NS/c1-2-4-6-7-5-3-1/h1-3,5-6H,4H2. The lowest BCUT2D eigenvalue weighted by Crippen LogP contribution is -1.98. The smallest absolute Gasteiger partial charge is 0.0245 e. The van der Waals surface area contributed by atoms with E-state index in [1.54, 1.807) is 11.9 Å². The van der Waals surface area contributed by atoms with Crippen molar-refractivity contribution >= 4 is 11.9 Å². The van der Waals surface area contributed by atoms with Gasteiger partial charge in [0.15, 0.2) is 0 Å². The van der Waals surface area contributed by atoms with Crippen molar-refractivity contribution in [3.05, 3.63) is 23.6 Å². The van der Waals surface area contributed by atoms with Crippen LogP contribution >= 0.6 is 11.9 Å². The molecule has 1 aliphatic rings. The molecule has 1 N–H and O–H groups in total. The van der Waals surface area contributed by atoms with Gasteiger partial charge in [0.05, 0.1) is 0 Å². The fourth-order valence-electron chi connectivity index (χ4n) is 0.376. The Balaban J connectivity index is 2.39. The third kappa shape index (κ3) is 1.80. The molecule has 0 fully saturated rings. The maximum atomic E-state index is 3.09. The van der Waals surface area contributed by atoms with Crippen molar-refractivity contribution in [1.82, 2.24) is 4.72 Å². The van der Waals surface area contributed by atoms with Crippen LogP contribution in [-0.2, 0) is 0 Å². The highest BCUT2D eigenvalue weighted by molar-refractivity contribution is 8.00. The second kappa shape index (κ2) is 2.88. The van der Waals surface area contributed by atoms with Crippen molar-refractivity contribution in [3.8, 4) is 0 Å². The van der Waals surface area contributed by atoms with Gasteiger partial charge in [0.2, 0.25) is 0 Å². The van der Waals surface area contributed by atoms with E-state index >= 15 is 0 Å². The van der Waals surface area contributed by atoms with E-state index in [0.717, 1.165) is 6.54 Å². The Morgan fingerprint density at radius 3 is 3.43 bits per heavy atom. The van der Waals surface area contributed by atoms with E-state index in [-0.39, 0.29) is 0 Å². The Hall–Kier alpha value is -0.210. The van der Waals surface area contributed by atoms with E-state index in [1.807, 2.05) is 17.6 Å². The third-order valence-electron chi connectivity index (χ3n) is 0.678. The fourth-order valence-corrected chi connectivity index (χ4v) is 0.834. The first-order chi connectivity index (χ1) is 3.50. The van der Waals surface area contributed by atoms with Gasteiger partial charge in [0.25, 0.3) is 0 Å². The van der Waals surface area contributed by atoms with Crippen molar-refractivity contribution in [2.45, 2.75) is 0 Å². The zero-order chi connectivity index (χ0) is 4.95. The minimum absolute atomic E-state index is 0.970. The van der Waals surface area contributed by atoms with Crippen LogP contribution in [0.15, 0.2) is 23.6 Å². The summed E-state index contributed by atoms with van der Waals surface area (Å²) < 4.78 is 3.09. The number of nitrogens with one attached hydrogen (secondary N) is 1. The van der Waals surface area contributed by atoms with Crippen molar-refractivity contribution in [2.24, 2.45) is 0 Å². The summed E-state index contributed by atoms with van der Waals surface area (Å²) >= 11 is 1.62. The molecule has 0 bridgehead atoms.